The van der Waals surface area contributed by atoms with Crippen LogP contribution in [0.15, 0.2) is 30.3 Å². The Kier molecular flexibility index (Phi) is 5.67. The van der Waals surface area contributed by atoms with Gasteiger partial charge in [-0.05, 0) is 50.3 Å². The summed E-state index contributed by atoms with van der Waals surface area (Å²) in [4.78, 5) is 22.5. The second kappa shape index (κ2) is 7.77. The van der Waals surface area contributed by atoms with Gasteiger partial charge >= 0.3 is 0 Å². The average Bonchev–Trinajstić information content (AvgIpc) is 2.97. The lowest BCUT2D eigenvalue weighted by atomic mass is 10.1. The second-order valence-electron chi connectivity index (χ2n) is 5.97. The molecule has 2 aromatic heterocycles. The van der Waals surface area contributed by atoms with Gasteiger partial charge in [-0.2, -0.15) is 0 Å². The summed E-state index contributed by atoms with van der Waals surface area (Å²) in [5.41, 5.74) is 2.45. The fraction of sp³-hybridized carbons (Fsp3) is 0.368. The molecule has 1 atom stereocenters. The summed E-state index contributed by atoms with van der Waals surface area (Å²) in [6.45, 7) is 8.44. The van der Waals surface area contributed by atoms with Gasteiger partial charge in [0.25, 0.3) is 0 Å². The lowest BCUT2D eigenvalue weighted by Gasteiger charge is -2.25. The van der Waals surface area contributed by atoms with E-state index in [1.807, 2.05) is 24.3 Å². The summed E-state index contributed by atoms with van der Waals surface area (Å²) in [6, 6.07) is 9.48. The Hall–Kier alpha value is -1.56. The van der Waals surface area contributed by atoms with Crippen molar-refractivity contribution in [2.45, 2.75) is 26.1 Å². The van der Waals surface area contributed by atoms with Crippen molar-refractivity contribution in [2.24, 2.45) is 0 Å². The van der Waals surface area contributed by atoms with E-state index in [0.717, 1.165) is 40.6 Å². The Bertz CT molecular complexity index is 904. The van der Waals surface area contributed by atoms with Crippen molar-refractivity contribution in [1.82, 2.24) is 14.9 Å². The van der Waals surface area contributed by atoms with Crippen molar-refractivity contribution in [3.63, 3.8) is 0 Å². The predicted molar refractivity (Wildman–Crippen MR) is 108 cm³/mol. The number of aromatic nitrogens is 2. The predicted octanol–water partition coefficient (Wildman–Crippen LogP) is 4.97. The molecule has 6 heteroatoms. The molecule has 0 saturated heterocycles. The number of ketones is 1. The van der Waals surface area contributed by atoms with Gasteiger partial charge in [-0.1, -0.05) is 25.4 Å². The third-order valence-electron chi connectivity index (χ3n) is 4.53. The standard InChI is InChI=1S/C19H22ClN3OS/c1-4-23(5-2)12(3)25-11-17(24)13-6-8-16-15(10-13)14-7-9-18(20)22-19(14)21-16/h6-10,12H,4-5,11H2,1-3H3,(H,21,22). The number of nitrogens with one attached hydrogen (secondary N) is 1. The largest absolute Gasteiger partial charge is 0.339 e. The van der Waals surface area contributed by atoms with Crippen LogP contribution in [-0.4, -0.2) is 44.9 Å². The van der Waals surface area contributed by atoms with Crippen LogP contribution in [0.4, 0.5) is 0 Å². The van der Waals surface area contributed by atoms with E-state index in [9.17, 15) is 4.79 Å². The lowest BCUT2D eigenvalue weighted by Crippen LogP contribution is -2.31. The number of pyridine rings is 1. The molecule has 1 aromatic carbocycles. The van der Waals surface area contributed by atoms with Gasteiger partial charge < -0.3 is 4.98 Å². The monoisotopic (exact) mass is 375 g/mol. The van der Waals surface area contributed by atoms with E-state index in [1.165, 1.54) is 0 Å². The smallest absolute Gasteiger partial charge is 0.172 e. The van der Waals surface area contributed by atoms with Gasteiger partial charge in [-0.25, -0.2) is 4.98 Å². The van der Waals surface area contributed by atoms with Crippen molar-refractivity contribution in [1.29, 1.82) is 0 Å². The maximum absolute atomic E-state index is 12.6. The lowest BCUT2D eigenvalue weighted by molar-refractivity contribution is 0.102. The van der Waals surface area contributed by atoms with Crippen LogP contribution in [-0.2, 0) is 0 Å². The summed E-state index contributed by atoms with van der Waals surface area (Å²) in [5, 5.41) is 2.78. The first kappa shape index (κ1) is 18.2. The first-order chi connectivity index (χ1) is 12.0. The molecule has 0 radical (unpaired) electrons. The Morgan fingerprint density at radius 3 is 2.72 bits per heavy atom. The van der Waals surface area contributed by atoms with Gasteiger partial charge in [0.05, 0.1) is 11.1 Å². The van der Waals surface area contributed by atoms with Crippen LogP contribution in [0, 0.1) is 0 Å². The van der Waals surface area contributed by atoms with Crippen LogP contribution in [0.2, 0.25) is 5.15 Å². The number of fused-ring (bicyclic) bond motifs is 3. The summed E-state index contributed by atoms with van der Waals surface area (Å²) in [5.74, 6) is 0.637. The SMILES string of the molecule is CCN(CC)C(C)SCC(=O)c1ccc2[nH]c3nc(Cl)ccc3c2c1. The maximum Gasteiger partial charge on any atom is 0.172 e. The zero-order chi connectivity index (χ0) is 18.0. The zero-order valence-corrected chi connectivity index (χ0v) is 16.2. The number of aromatic amines is 1. The third-order valence-corrected chi connectivity index (χ3v) is 5.95. The van der Waals surface area contributed by atoms with Crippen LogP contribution in [0.1, 0.15) is 31.1 Å². The number of rotatable bonds is 7. The Morgan fingerprint density at radius 1 is 1.24 bits per heavy atom. The van der Waals surface area contributed by atoms with E-state index in [2.05, 4.69) is 35.6 Å². The van der Waals surface area contributed by atoms with Crippen LogP contribution in [0.5, 0.6) is 0 Å². The molecule has 25 heavy (non-hydrogen) atoms. The van der Waals surface area contributed by atoms with Crippen LogP contribution < -0.4 is 0 Å². The number of H-pyrrole nitrogens is 1. The molecule has 0 aliphatic heterocycles. The van der Waals surface area contributed by atoms with E-state index >= 15 is 0 Å². The molecule has 132 valence electrons. The minimum absolute atomic E-state index is 0.155. The molecule has 0 aliphatic rings. The van der Waals surface area contributed by atoms with Gasteiger partial charge in [-0.15, -0.1) is 11.8 Å². The minimum Gasteiger partial charge on any atom is -0.339 e. The number of benzene rings is 1. The van der Waals surface area contributed by atoms with Crippen LogP contribution in [0.25, 0.3) is 21.9 Å². The van der Waals surface area contributed by atoms with E-state index in [4.69, 9.17) is 11.6 Å². The van der Waals surface area contributed by atoms with Crippen molar-refractivity contribution in [3.8, 4) is 0 Å². The molecule has 0 bridgehead atoms. The Morgan fingerprint density at radius 2 is 2.00 bits per heavy atom. The van der Waals surface area contributed by atoms with Crippen LogP contribution in [0.3, 0.4) is 0 Å². The molecule has 3 rings (SSSR count). The van der Waals surface area contributed by atoms with Gasteiger partial charge in [0.2, 0.25) is 0 Å². The summed E-state index contributed by atoms with van der Waals surface area (Å²) in [7, 11) is 0. The Balaban J connectivity index is 1.81. The van der Waals surface area contributed by atoms with Crippen molar-refractivity contribution < 1.29 is 4.79 Å². The average molecular weight is 376 g/mol. The Labute approximate surface area is 156 Å². The van der Waals surface area contributed by atoms with Gasteiger partial charge in [-0.3, -0.25) is 9.69 Å². The van der Waals surface area contributed by atoms with Crippen molar-refractivity contribution in [3.05, 3.63) is 41.0 Å². The van der Waals surface area contributed by atoms with E-state index < -0.39 is 0 Å². The number of nitrogens with zero attached hydrogens (tertiary/aromatic N) is 2. The molecular weight excluding hydrogens is 354 g/mol. The number of hydrogen-bond acceptors (Lipinski definition) is 4. The molecule has 3 aromatic rings. The van der Waals surface area contributed by atoms with Crippen molar-refractivity contribution >= 4 is 51.1 Å². The normalized spacial score (nSPS) is 13.0. The fourth-order valence-corrected chi connectivity index (χ4v) is 4.26. The van der Waals surface area contributed by atoms with Crippen LogP contribution >= 0.6 is 23.4 Å². The first-order valence-electron chi connectivity index (χ1n) is 8.50. The second-order valence-corrected chi connectivity index (χ2v) is 7.66. The molecule has 1 N–H and O–H groups in total. The summed E-state index contributed by atoms with van der Waals surface area (Å²) < 4.78 is 0. The van der Waals surface area contributed by atoms with Gasteiger partial charge in [0.15, 0.2) is 5.78 Å². The first-order valence-corrected chi connectivity index (χ1v) is 9.93. The highest BCUT2D eigenvalue weighted by Gasteiger charge is 2.15. The number of hydrogen-bond donors (Lipinski definition) is 1. The summed E-state index contributed by atoms with van der Waals surface area (Å²) in [6.07, 6.45) is 0. The minimum atomic E-state index is 0.155. The molecular formula is C19H22ClN3OS. The molecule has 0 amide bonds. The quantitative estimate of drug-likeness (QED) is 0.359. The molecule has 2 heterocycles. The van der Waals surface area contributed by atoms with E-state index in [0.29, 0.717) is 16.3 Å². The molecule has 0 saturated carbocycles. The number of Topliss-reactive ketones (excluding diaryl/α,β-unsaturated/α-hetero) is 1. The van der Waals surface area contributed by atoms with E-state index in [-0.39, 0.29) is 5.78 Å². The topological polar surface area (TPSA) is 49.0 Å². The summed E-state index contributed by atoms with van der Waals surface area (Å²) >= 11 is 7.64. The molecule has 0 fully saturated rings. The highest BCUT2D eigenvalue weighted by molar-refractivity contribution is 8.00. The number of halogens is 1. The van der Waals surface area contributed by atoms with Crippen molar-refractivity contribution in [2.75, 3.05) is 18.8 Å². The number of carbonyl (C=O) groups excluding carboxylic acids is 1. The fourth-order valence-electron chi connectivity index (χ4n) is 3.05. The molecule has 0 aliphatic carbocycles. The molecule has 0 spiro atoms. The molecule has 1 unspecified atom stereocenters. The highest BCUT2D eigenvalue weighted by Crippen LogP contribution is 2.27. The molecule has 4 nitrogen and oxygen atoms in total. The number of carbonyl (C=O) groups is 1. The third kappa shape index (κ3) is 3.84. The maximum atomic E-state index is 12.6. The highest BCUT2D eigenvalue weighted by atomic mass is 35.5. The van der Waals surface area contributed by atoms with Gasteiger partial charge in [0.1, 0.15) is 10.8 Å². The zero-order valence-electron chi connectivity index (χ0n) is 14.7. The van der Waals surface area contributed by atoms with Gasteiger partial charge in [0, 0.05) is 21.9 Å². The number of thioether (sulfide) groups is 1. The van der Waals surface area contributed by atoms with E-state index in [1.54, 1.807) is 17.8 Å².